The molecule has 1 amide bonds. The van der Waals surface area contributed by atoms with Crippen LogP contribution in [-0.2, 0) is 26.1 Å². The Labute approximate surface area is 154 Å². The molecular formula is C17H26FN3O4S. The van der Waals surface area contributed by atoms with Gasteiger partial charge in [-0.2, -0.15) is 0 Å². The molecule has 0 unspecified atom stereocenters. The maximum Gasteiger partial charge on any atom is 0.221 e. The van der Waals surface area contributed by atoms with Crippen LogP contribution >= 0.6 is 0 Å². The number of ether oxygens (including phenoxy) is 1. The number of halogens is 1. The van der Waals surface area contributed by atoms with Gasteiger partial charge in [-0.1, -0.05) is 12.1 Å². The number of benzene rings is 1. The lowest BCUT2D eigenvalue weighted by Crippen LogP contribution is -2.43. The predicted octanol–water partition coefficient (Wildman–Crippen LogP) is 0.426. The number of hydrogen-bond acceptors (Lipinski definition) is 5. The first-order valence-electron chi connectivity index (χ1n) is 8.61. The van der Waals surface area contributed by atoms with E-state index in [0.717, 1.165) is 24.9 Å². The van der Waals surface area contributed by atoms with Crippen molar-refractivity contribution in [1.82, 2.24) is 14.5 Å². The van der Waals surface area contributed by atoms with Crippen molar-refractivity contribution in [2.75, 3.05) is 52.2 Å². The van der Waals surface area contributed by atoms with E-state index < -0.39 is 10.0 Å². The minimum absolute atomic E-state index is 0.0807. The maximum absolute atomic E-state index is 12.9. The smallest absolute Gasteiger partial charge is 0.221 e. The summed E-state index contributed by atoms with van der Waals surface area (Å²) >= 11 is 0. The predicted molar refractivity (Wildman–Crippen MR) is 96.5 cm³/mol. The Kier molecular flexibility index (Phi) is 7.95. The molecule has 1 fully saturated rings. The van der Waals surface area contributed by atoms with Gasteiger partial charge in [-0.25, -0.2) is 17.1 Å². The fraction of sp³-hybridized carbons (Fsp3) is 0.588. The zero-order valence-electron chi connectivity index (χ0n) is 15.0. The normalized spacial score (nSPS) is 16.0. The van der Waals surface area contributed by atoms with Gasteiger partial charge in [0.1, 0.15) is 5.82 Å². The van der Waals surface area contributed by atoms with E-state index in [1.165, 1.54) is 16.4 Å². The van der Waals surface area contributed by atoms with Gasteiger partial charge in [-0.05, 0) is 17.7 Å². The third kappa shape index (κ3) is 7.36. The van der Waals surface area contributed by atoms with Crippen LogP contribution in [0, 0.1) is 5.82 Å². The second-order valence-electron chi connectivity index (χ2n) is 6.27. The Hall–Kier alpha value is -1.55. The topological polar surface area (TPSA) is 79.0 Å². The first-order valence-corrected chi connectivity index (χ1v) is 10.5. The van der Waals surface area contributed by atoms with Crippen LogP contribution in [0.3, 0.4) is 0 Å². The van der Waals surface area contributed by atoms with Gasteiger partial charge in [0, 0.05) is 45.7 Å². The standard InChI is InChI=1S/C17H26FN3O4S/c1-26(23,24)21(9-8-20-10-12-25-13-11-20)7-6-17(22)19-14-15-2-4-16(18)5-3-15/h2-5H,6-14H2,1H3,(H,19,22). The van der Waals surface area contributed by atoms with Gasteiger partial charge in [-0.15, -0.1) is 0 Å². The Morgan fingerprint density at radius 1 is 1.23 bits per heavy atom. The summed E-state index contributed by atoms with van der Waals surface area (Å²) in [5, 5.41) is 2.72. The van der Waals surface area contributed by atoms with E-state index in [1.807, 2.05) is 0 Å². The summed E-state index contributed by atoms with van der Waals surface area (Å²) in [6.07, 6.45) is 1.24. The van der Waals surface area contributed by atoms with Gasteiger partial charge in [-0.3, -0.25) is 9.69 Å². The average Bonchev–Trinajstić information content (AvgIpc) is 2.61. The van der Waals surface area contributed by atoms with Crippen LogP contribution in [0.4, 0.5) is 4.39 Å². The molecule has 1 N–H and O–H groups in total. The largest absolute Gasteiger partial charge is 0.379 e. The first kappa shape index (κ1) is 20.8. The Morgan fingerprint density at radius 2 is 1.88 bits per heavy atom. The molecule has 0 spiro atoms. The lowest BCUT2D eigenvalue weighted by Gasteiger charge is -2.29. The SMILES string of the molecule is CS(=O)(=O)N(CCC(=O)NCc1ccc(F)cc1)CCN1CCOCC1. The highest BCUT2D eigenvalue weighted by atomic mass is 32.2. The number of sulfonamides is 1. The summed E-state index contributed by atoms with van der Waals surface area (Å²) in [7, 11) is -3.38. The molecule has 1 heterocycles. The van der Waals surface area contributed by atoms with Crippen LogP contribution in [-0.4, -0.2) is 75.7 Å². The van der Waals surface area contributed by atoms with Crippen LogP contribution in [0.1, 0.15) is 12.0 Å². The number of nitrogens with one attached hydrogen (secondary N) is 1. The second-order valence-corrected chi connectivity index (χ2v) is 8.25. The fourth-order valence-electron chi connectivity index (χ4n) is 2.64. The van der Waals surface area contributed by atoms with Crippen LogP contribution in [0.5, 0.6) is 0 Å². The molecule has 1 aromatic carbocycles. The van der Waals surface area contributed by atoms with Crippen molar-refractivity contribution in [3.05, 3.63) is 35.6 Å². The van der Waals surface area contributed by atoms with Crippen molar-refractivity contribution < 1.29 is 22.3 Å². The van der Waals surface area contributed by atoms with Gasteiger partial charge < -0.3 is 10.1 Å². The van der Waals surface area contributed by atoms with Gasteiger partial charge >= 0.3 is 0 Å². The Balaban J connectivity index is 1.76. The third-order valence-corrected chi connectivity index (χ3v) is 5.53. The number of nitrogens with zero attached hydrogens (tertiary/aromatic N) is 2. The molecule has 146 valence electrons. The summed E-state index contributed by atoms with van der Waals surface area (Å²) in [6, 6.07) is 5.86. The van der Waals surface area contributed by atoms with Crippen molar-refractivity contribution in [2.24, 2.45) is 0 Å². The molecule has 0 atom stereocenters. The molecular weight excluding hydrogens is 361 g/mol. The van der Waals surface area contributed by atoms with Gasteiger partial charge in [0.25, 0.3) is 0 Å². The van der Waals surface area contributed by atoms with Crippen molar-refractivity contribution in [2.45, 2.75) is 13.0 Å². The average molecular weight is 387 g/mol. The van der Waals surface area contributed by atoms with Crippen LogP contribution in [0.2, 0.25) is 0 Å². The Bertz CT molecular complexity index is 676. The van der Waals surface area contributed by atoms with Crippen LogP contribution in [0.25, 0.3) is 0 Å². The molecule has 1 aliphatic heterocycles. The van der Waals surface area contributed by atoms with Crippen LogP contribution in [0.15, 0.2) is 24.3 Å². The van der Waals surface area contributed by atoms with Gasteiger partial charge in [0.2, 0.25) is 15.9 Å². The van der Waals surface area contributed by atoms with Gasteiger partial charge in [0.15, 0.2) is 0 Å². The number of amides is 1. The van der Waals surface area contributed by atoms with E-state index in [-0.39, 0.29) is 31.2 Å². The van der Waals surface area contributed by atoms with E-state index in [1.54, 1.807) is 12.1 Å². The molecule has 1 aliphatic rings. The highest BCUT2D eigenvalue weighted by Gasteiger charge is 2.19. The molecule has 0 radical (unpaired) electrons. The van der Waals surface area contributed by atoms with Crippen LogP contribution < -0.4 is 5.32 Å². The van der Waals surface area contributed by atoms with E-state index >= 15 is 0 Å². The van der Waals surface area contributed by atoms with Crippen molar-refractivity contribution in [1.29, 1.82) is 0 Å². The lowest BCUT2D eigenvalue weighted by atomic mass is 10.2. The first-order chi connectivity index (χ1) is 12.3. The second kappa shape index (κ2) is 9.96. The van der Waals surface area contributed by atoms with E-state index in [9.17, 15) is 17.6 Å². The van der Waals surface area contributed by atoms with Crippen molar-refractivity contribution >= 4 is 15.9 Å². The molecule has 9 heteroatoms. The summed E-state index contributed by atoms with van der Waals surface area (Å²) in [6.45, 7) is 4.28. The quantitative estimate of drug-likeness (QED) is 0.665. The van der Waals surface area contributed by atoms with E-state index in [2.05, 4.69) is 10.2 Å². The third-order valence-electron chi connectivity index (χ3n) is 4.23. The zero-order chi connectivity index (χ0) is 19.0. The highest BCUT2D eigenvalue weighted by molar-refractivity contribution is 7.88. The highest BCUT2D eigenvalue weighted by Crippen LogP contribution is 2.04. The number of rotatable bonds is 9. The molecule has 0 aromatic heterocycles. The van der Waals surface area contributed by atoms with Crippen molar-refractivity contribution in [3.63, 3.8) is 0 Å². The number of carbonyl (C=O) groups excluding carboxylic acids is 1. The summed E-state index contributed by atoms with van der Waals surface area (Å²) in [4.78, 5) is 14.1. The van der Waals surface area contributed by atoms with E-state index in [4.69, 9.17) is 4.74 Å². The summed E-state index contributed by atoms with van der Waals surface area (Å²) in [5.41, 5.74) is 0.784. The van der Waals surface area contributed by atoms with Crippen molar-refractivity contribution in [3.8, 4) is 0 Å². The Morgan fingerprint density at radius 3 is 2.50 bits per heavy atom. The molecule has 7 nitrogen and oxygen atoms in total. The molecule has 1 saturated heterocycles. The molecule has 26 heavy (non-hydrogen) atoms. The lowest BCUT2D eigenvalue weighted by molar-refractivity contribution is -0.121. The molecule has 2 rings (SSSR count). The minimum Gasteiger partial charge on any atom is -0.379 e. The molecule has 0 aliphatic carbocycles. The zero-order valence-corrected chi connectivity index (χ0v) is 15.8. The monoisotopic (exact) mass is 387 g/mol. The minimum atomic E-state index is -3.38. The number of morpholine rings is 1. The van der Waals surface area contributed by atoms with E-state index in [0.29, 0.717) is 26.3 Å². The van der Waals surface area contributed by atoms with Gasteiger partial charge in [0.05, 0.1) is 19.5 Å². The summed E-state index contributed by atoms with van der Waals surface area (Å²) in [5.74, 6) is -0.571. The number of carbonyl (C=O) groups is 1. The summed E-state index contributed by atoms with van der Waals surface area (Å²) < 4.78 is 43.3. The maximum atomic E-state index is 12.9. The molecule has 1 aromatic rings. The fourth-order valence-corrected chi connectivity index (χ4v) is 3.47. The number of hydrogen-bond donors (Lipinski definition) is 1. The molecule has 0 bridgehead atoms. The molecule has 0 saturated carbocycles.